The van der Waals surface area contributed by atoms with Gasteiger partial charge in [-0.3, -0.25) is 0 Å². The van der Waals surface area contributed by atoms with Gasteiger partial charge in [0.25, 0.3) is 0 Å². The van der Waals surface area contributed by atoms with Gasteiger partial charge in [-0.1, -0.05) is 12.1 Å². The van der Waals surface area contributed by atoms with Gasteiger partial charge >= 0.3 is 0 Å². The van der Waals surface area contributed by atoms with E-state index in [-0.39, 0.29) is 5.82 Å². The number of nitrogens with one attached hydrogen (secondary N) is 1. The second-order valence-electron chi connectivity index (χ2n) is 3.58. The Labute approximate surface area is 98.2 Å². The lowest BCUT2D eigenvalue weighted by Crippen LogP contribution is -2.00. The molecule has 0 fully saturated rings. The number of para-hydroxylation sites is 1. The molecule has 0 saturated heterocycles. The van der Waals surface area contributed by atoms with Crippen LogP contribution in [-0.4, -0.2) is 4.98 Å². The van der Waals surface area contributed by atoms with Crippen LogP contribution in [0.15, 0.2) is 24.3 Å². The van der Waals surface area contributed by atoms with E-state index in [1.165, 1.54) is 10.9 Å². The summed E-state index contributed by atoms with van der Waals surface area (Å²) in [6.07, 6.45) is 0. The molecule has 16 heavy (non-hydrogen) atoms. The SMILES string of the molecule is Cc1nc(CNc2ccccc2F)sc1C. The van der Waals surface area contributed by atoms with Gasteiger partial charge in [0, 0.05) is 4.88 Å². The fourth-order valence-electron chi connectivity index (χ4n) is 1.39. The third-order valence-electron chi connectivity index (χ3n) is 2.38. The summed E-state index contributed by atoms with van der Waals surface area (Å²) in [6, 6.07) is 6.66. The van der Waals surface area contributed by atoms with Crippen LogP contribution in [0.2, 0.25) is 0 Å². The highest BCUT2D eigenvalue weighted by Crippen LogP contribution is 2.19. The van der Waals surface area contributed by atoms with Gasteiger partial charge in [0.2, 0.25) is 0 Å². The number of aryl methyl sites for hydroxylation is 2. The van der Waals surface area contributed by atoms with E-state index in [0.717, 1.165) is 10.7 Å². The monoisotopic (exact) mass is 236 g/mol. The first-order valence-electron chi connectivity index (χ1n) is 5.08. The minimum Gasteiger partial charge on any atom is -0.376 e. The summed E-state index contributed by atoms with van der Waals surface area (Å²) in [5.41, 5.74) is 1.57. The molecular weight excluding hydrogens is 223 g/mol. The van der Waals surface area contributed by atoms with Gasteiger partial charge in [-0.2, -0.15) is 0 Å². The summed E-state index contributed by atoms with van der Waals surface area (Å²) in [5.74, 6) is -0.229. The fraction of sp³-hybridized carbons (Fsp3) is 0.250. The highest BCUT2D eigenvalue weighted by molar-refractivity contribution is 7.11. The second kappa shape index (κ2) is 4.61. The van der Waals surface area contributed by atoms with Crippen molar-refractivity contribution >= 4 is 17.0 Å². The lowest BCUT2D eigenvalue weighted by atomic mass is 10.3. The summed E-state index contributed by atoms with van der Waals surface area (Å²) in [6.45, 7) is 4.60. The van der Waals surface area contributed by atoms with E-state index >= 15 is 0 Å². The number of anilines is 1. The predicted molar refractivity (Wildman–Crippen MR) is 65.3 cm³/mol. The number of thiazole rings is 1. The minimum absolute atomic E-state index is 0.229. The maximum absolute atomic E-state index is 13.3. The van der Waals surface area contributed by atoms with Crippen LogP contribution in [0, 0.1) is 19.7 Å². The topological polar surface area (TPSA) is 24.9 Å². The lowest BCUT2D eigenvalue weighted by molar-refractivity contribution is 0.630. The van der Waals surface area contributed by atoms with Crippen molar-refractivity contribution < 1.29 is 4.39 Å². The van der Waals surface area contributed by atoms with Gasteiger partial charge in [0.15, 0.2) is 0 Å². The summed E-state index contributed by atoms with van der Waals surface area (Å²) in [4.78, 5) is 5.60. The van der Waals surface area contributed by atoms with Crippen LogP contribution in [0.1, 0.15) is 15.6 Å². The first-order valence-corrected chi connectivity index (χ1v) is 5.90. The molecule has 0 bridgehead atoms. The Kier molecular flexibility index (Phi) is 3.19. The summed E-state index contributed by atoms with van der Waals surface area (Å²) in [5, 5.41) is 4.03. The fourth-order valence-corrected chi connectivity index (χ4v) is 2.26. The predicted octanol–water partition coefficient (Wildman–Crippen LogP) is 3.51. The highest BCUT2D eigenvalue weighted by atomic mass is 32.1. The van der Waals surface area contributed by atoms with E-state index in [9.17, 15) is 4.39 Å². The molecule has 0 radical (unpaired) electrons. The third kappa shape index (κ3) is 2.39. The first-order chi connectivity index (χ1) is 7.66. The molecule has 0 spiro atoms. The van der Waals surface area contributed by atoms with Crippen molar-refractivity contribution in [2.45, 2.75) is 20.4 Å². The number of aromatic nitrogens is 1. The molecule has 2 aromatic rings. The molecule has 0 atom stereocenters. The van der Waals surface area contributed by atoms with E-state index in [0.29, 0.717) is 12.2 Å². The Bertz CT molecular complexity index is 474. The largest absolute Gasteiger partial charge is 0.376 e. The Morgan fingerprint density at radius 2 is 2.06 bits per heavy atom. The molecule has 84 valence electrons. The van der Waals surface area contributed by atoms with Crippen LogP contribution in [0.5, 0.6) is 0 Å². The van der Waals surface area contributed by atoms with E-state index in [1.54, 1.807) is 23.5 Å². The van der Waals surface area contributed by atoms with Crippen molar-refractivity contribution in [2.75, 3.05) is 5.32 Å². The average molecular weight is 236 g/mol. The van der Waals surface area contributed by atoms with Crippen molar-refractivity contribution in [3.63, 3.8) is 0 Å². The Morgan fingerprint density at radius 1 is 1.31 bits per heavy atom. The number of hydrogen-bond donors (Lipinski definition) is 1. The summed E-state index contributed by atoms with van der Waals surface area (Å²) < 4.78 is 13.3. The van der Waals surface area contributed by atoms with Crippen molar-refractivity contribution in [1.82, 2.24) is 4.98 Å². The molecule has 0 amide bonds. The highest BCUT2D eigenvalue weighted by Gasteiger charge is 2.04. The van der Waals surface area contributed by atoms with Gasteiger partial charge in [-0.05, 0) is 26.0 Å². The minimum atomic E-state index is -0.229. The van der Waals surface area contributed by atoms with Gasteiger partial charge in [-0.25, -0.2) is 9.37 Å². The second-order valence-corrected chi connectivity index (χ2v) is 4.87. The molecule has 2 rings (SSSR count). The maximum atomic E-state index is 13.3. The maximum Gasteiger partial charge on any atom is 0.146 e. The quantitative estimate of drug-likeness (QED) is 0.882. The van der Waals surface area contributed by atoms with Crippen molar-refractivity contribution in [3.05, 3.63) is 45.7 Å². The Morgan fingerprint density at radius 3 is 2.69 bits per heavy atom. The molecule has 1 N–H and O–H groups in total. The molecule has 0 saturated carbocycles. The third-order valence-corrected chi connectivity index (χ3v) is 3.45. The van der Waals surface area contributed by atoms with Crippen LogP contribution in [0.25, 0.3) is 0 Å². The first kappa shape index (κ1) is 11.1. The molecule has 1 aromatic heterocycles. The molecule has 0 aliphatic carbocycles. The van der Waals surface area contributed by atoms with Gasteiger partial charge in [-0.15, -0.1) is 11.3 Å². The van der Waals surface area contributed by atoms with Gasteiger partial charge in [0.1, 0.15) is 10.8 Å². The van der Waals surface area contributed by atoms with Gasteiger partial charge < -0.3 is 5.32 Å². The van der Waals surface area contributed by atoms with E-state index in [2.05, 4.69) is 10.3 Å². The smallest absolute Gasteiger partial charge is 0.146 e. The zero-order valence-electron chi connectivity index (χ0n) is 9.25. The number of benzene rings is 1. The Hall–Kier alpha value is -1.42. The van der Waals surface area contributed by atoms with Crippen molar-refractivity contribution in [3.8, 4) is 0 Å². The molecule has 2 nitrogen and oxygen atoms in total. The molecule has 4 heteroatoms. The van der Waals surface area contributed by atoms with Crippen LogP contribution >= 0.6 is 11.3 Å². The standard InChI is InChI=1S/C12H13FN2S/c1-8-9(2)16-12(15-8)7-14-11-6-4-3-5-10(11)13/h3-6,14H,7H2,1-2H3. The lowest BCUT2D eigenvalue weighted by Gasteiger charge is -2.04. The van der Waals surface area contributed by atoms with Crippen molar-refractivity contribution in [2.24, 2.45) is 0 Å². The number of halogens is 1. The molecule has 1 heterocycles. The zero-order chi connectivity index (χ0) is 11.5. The number of hydrogen-bond acceptors (Lipinski definition) is 3. The van der Waals surface area contributed by atoms with Crippen molar-refractivity contribution in [1.29, 1.82) is 0 Å². The van der Waals surface area contributed by atoms with E-state index in [1.807, 2.05) is 19.9 Å². The average Bonchev–Trinajstić information content (AvgIpc) is 2.57. The van der Waals surface area contributed by atoms with Crippen LogP contribution in [0.4, 0.5) is 10.1 Å². The van der Waals surface area contributed by atoms with Crippen LogP contribution in [0.3, 0.4) is 0 Å². The zero-order valence-corrected chi connectivity index (χ0v) is 10.1. The van der Waals surface area contributed by atoms with Gasteiger partial charge in [0.05, 0.1) is 17.9 Å². The molecular formula is C12H13FN2S. The summed E-state index contributed by atoms with van der Waals surface area (Å²) in [7, 11) is 0. The number of nitrogens with zero attached hydrogens (tertiary/aromatic N) is 1. The van der Waals surface area contributed by atoms with Crippen LogP contribution < -0.4 is 5.32 Å². The van der Waals surface area contributed by atoms with Crippen LogP contribution in [-0.2, 0) is 6.54 Å². The summed E-state index contributed by atoms with van der Waals surface area (Å²) >= 11 is 1.64. The molecule has 0 aliphatic rings. The van der Waals surface area contributed by atoms with E-state index in [4.69, 9.17) is 0 Å². The normalized spacial score (nSPS) is 10.4. The molecule has 0 unspecified atom stereocenters. The van der Waals surface area contributed by atoms with E-state index < -0.39 is 0 Å². The number of rotatable bonds is 3. The molecule has 0 aliphatic heterocycles. The molecule has 1 aromatic carbocycles. The Balaban J connectivity index is 2.05.